The van der Waals surface area contributed by atoms with E-state index in [0.717, 1.165) is 19.5 Å². The van der Waals surface area contributed by atoms with Crippen LogP contribution in [0.4, 0.5) is 5.69 Å². The number of para-hydroxylation sites is 1. The highest BCUT2D eigenvalue weighted by molar-refractivity contribution is 5.77. The number of methoxy groups -OCH3 is 1. The van der Waals surface area contributed by atoms with Crippen LogP contribution in [-0.4, -0.2) is 64.8 Å². The van der Waals surface area contributed by atoms with Crippen LogP contribution in [0.1, 0.15) is 6.42 Å². The van der Waals surface area contributed by atoms with Crippen LogP contribution in [0, 0.1) is 0 Å². The van der Waals surface area contributed by atoms with Gasteiger partial charge in [-0.15, -0.1) is 0 Å². The Hall–Kier alpha value is -1.59. The van der Waals surface area contributed by atoms with E-state index in [2.05, 4.69) is 29.4 Å². The topological polar surface area (TPSA) is 44.8 Å². The number of nitrogens with one attached hydrogen (secondary N) is 1. The molecule has 5 heteroatoms. The lowest BCUT2D eigenvalue weighted by molar-refractivity contribution is -0.121. The van der Waals surface area contributed by atoms with E-state index in [1.165, 1.54) is 5.69 Å². The molecular weight excluding hydrogens is 266 g/mol. The maximum atomic E-state index is 11.7. The number of carbonyl (C=O) groups is 1. The zero-order valence-corrected chi connectivity index (χ0v) is 13.3. The Morgan fingerprint density at radius 2 is 1.90 bits per heavy atom. The van der Waals surface area contributed by atoms with Gasteiger partial charge in [0.1, 0.15) is 0 Å². The number of rotatable bonds is 10. The van der Waals surface area contributed by atoms with Crippen LogP contribution in [0.2, 0.25) is 0 Å². The SMILES string of the molecule is COCCCNC(=O)CN(C)CCN(C)c1ccccc1. The number of hydrogen-bond acceptors (Lipinski definition) is 4. The van der Waals surface area contributed by atoms with Gasteiger partial charge in [-0.05, 0) is 25.6 Å². The number of likely N-dealkylation sites (N-methyl/N-ethyl adjacent to an activating group) is 2. The van der Waals surface area contributed by atoms with Crippen molar-refractivity contribution >= 4 is 11.6 Å². The normalized spacial score (nSPS) is 10.7. The molecule has 5 nitrogen and oxygen atoms in total. The van der Waals surface area contributed by atoms with Crippen LogP contribution in [0.5, 0.6) is 0 Å². The third-order valence-corrected chi connectivity index (χ3v) is 3.28. The van der Waals surface area contributed by atoms with Crippen LogP contribution < -0.4 is 10.2 Å². The van der Waals surface area contributed by atoms with E-state index < -0.39 is 0 Å². The van der Waals surface area contributed by atoms with E-state index in [1.807, 2.05) is 30.1 Å². The van der Waals surface area contributed by atoms with Crippen LogP contribution in [0.3, 0.4) is 0 Å². The van der Waals surface area contributed by atoms with E-state index in [1.54, 1.807) is 7.11 Å². The van der Waals surface area contributed by atoms with Crippen molar-refractivity contribution in [1.29, 1.82) is 0 Å². The van der Waals surface area contributed by atoms with Gasteiger partial charge in [-0.3, -0.25) is 9.69 Å². The molecule has 21 heavy (non-hydrogen) atoms. The van der Waals surface area contributed by atoms with E-state index in [9.17, 15) is 4.79 Å². The highest BCUT2D eigenvalue weighted by Crippen LogP contribution is 2.10. The molecule has 0 spiro atoms. The van der Waals surface area contributed by atoms with Crippen molar-refractivity contribution in [3.05, 3.63) is 30.3 Å². The Morgan fingerprint density at radius 3 is 2.57 bits per heavy atom. The van der Waals surface area contributed by atoms with Gasteiger partial charge in [0.25, 0.3) is 0 Å². The fraction of sp³-hybridized carbons (Fsp3) is 0.562. The molecule has 1 aromatic carbocycles. The monoisotopic (exact) mass is 293 g/mol. The number of ether oxygens (including phenoxy) is 1. The molecule has 0 bridgehead atoms. The summed E-state index contributed by atoms with van der Waals surface area (Å²) in [7, 11) is 5.69. The van der Waals surface area contributed by atoms with Crippen molar-refractivity contribution in [2.24, 2.45) is 0 Å². The highest BCUT2D eigenvalue weighted by Gasteiger charge is 2.07. The number of anilines is 1. The molecule has 0 radical (unpaired) electrons. The molecule has 1 rings (SSSR count). The number of hydrogen-bond donors (Lipinski definition) is 1. The lowest BCUT2D eigenvalue weighted by Gasteiger charge is -2.23. The summed E-state index contributed by atoms with van der Waals surface area (Å²) >= 11 is 0. The molecule has 1 N–H and O–H groups in total. The van der Waals surface area contributed by atoms with Gasteiger partial charge in [0.2, 0.25) is 5.91 Å². The maximum absolute atomic E-state index is 11.7. The molecule has 1 aromatic rings. The summed E-state index contributed by atoms with van der Waals surface area (Å²) in [4.78, 5) is 15.9. The third-order valence-electron chi connectivity index (χ3n) is 3.28. The second-order valence-electron chi connectivity index (χ2n) is 5.19. The van der Waals surface area contributed by atoms with Gasteiger partial charge in [-0.2, -0.15) is 0 Å². The van der Waals surface area contributed by atoms with E-state index >= 15 is 0 Å². The molecule has 0 aliphatic rings. The van der Waals surface area contributed by atoms with Crippen LogP contribution in [0.15, 0.2) is 30.3 Å². The molecule has 0 atom stereocenters. The van der Waals surface area contributed by atoms with E-state index in [0.29, 0.717) is 19.7 Å². The smallest absolute Gasteiger partial charge is 0.234 e. The predicted octanol–water partition coefficient (Wildman–Crippen LogP) is 1.21. The zero-order valence-electron chi connectivity index (χ0n) is 13.3. The van der Waals surface area contributed by atoms with Crippen LogP contribution in [0.25, 0.3) is 0 Å². The minimum absolute atomic E-state index is 0.0657. The Kier molecular flexibility index (Phi) is 8.47. The predicted molar refractivity (Wildman–Crippen MR) is 86.7 cm³/mol. The van der Waals surface area contributed by atoms with Crippen LogP contribution in [-0.2, 0) is 9.53 Å². The summed E-state index contributed by atoms with van der Waals surface area (Å²) < 4.78 is 4.94. The minimum atomic E-state index is 0.0657. The molecule has 118 valence electrons. The van der Waals surface area contributed by atoms with Crippen molar-refractivity contribution in [2.75, 3.05) is 58.9 Å². The summed E-state index contributed by atoms with van der Waals surface area (Å²) in [6.45, 7) is 3.51. The maximum Gasteiger partial charge on any atom is 0.234 e. The standard InChI is InChI=1S/C16H27N3O2/c1-18(14-16(20)17-10-7-13-21-3)11-12-19(2)15-8-5-4-6-9-15/h4-6,8-9H,7,10-14H2,1-3H3,(H,17,20). The average molecular weight is 293 g/mol. The van der Waals surface area contributed by atoms with Gasteiger partial charge >= 0.3 is 0 Å². The molecule has 0 aliphatic heterocycles. The van der Waals surface area contributed by atoms with E-state index in [4.69, 9.17) is 4.74 Å². The molecule has 0 heterocycles. The Labute approximate surface area is 127 Å². The summed E-state index contributed by atoms with van der Waals surface area (Å²) in [5.74, 6) is 0.0657. The first-order chi connectivity index (χ1) is 10.1. The summed E-state index contributed by atoms with van der Waals surface area (Å²) in [5.41, 5.74) is 1.19. The number of benzene rings is 1. The minimum Gasteiger partial charge on any atom is -0.385 e. The highest BCUT2D eigenvalue weighted by atomic mass is 16.5. The quantitative estimate of drug-likeness (QED) is 0.659. The Morgan fingerprint density at radius 1 is 1.19 bits per heavy atom. The van der Waals surface area contributed by atoms with Gasteiger partial charge in [-0.25, -0.2) is 0 Å². The molecule has 0 aromatic heterocycles. The second kappa shape index (κ2) is 10.2. The number of amides is 1. The molecule has 0 aliphatic carbocycles. The molecule has 0 saturated carbocycles. The zero-order chi connectivity index (χ0) is 15.5. The van der Waals surface area contributed by atoms with Crippen molar-refractivity contribution in [3.63, 3.8) is 0 Å². The van der Waals surface area contributed by atoms with Crippen LogP contribution >= 0.6 is 0 Å². The Balaban J connectivity index is 2.18. The van der Waals surface area contributed by atoms with Crippen molar-refractivity contribution in [2.45, 2.75) is 6.42 Å². The second-order valence-corrected chi connectivity index (χ2v) is 5.19. The third kappa shape index (κ3) is 7.68. The molecule has 0 saturated heterocycles. The van der Waals surface area contributed by atoms with Crippen molar-refractivity contribution in [1.82, 2.24) is 10.2 Å². The fourth-order valence-electron chi connectivity index (χ4n) is 1.96. The lowest BCUT2D eigenvalue weighted by Crippen LogP contribution is -2.39. The van der Waals surface area contributed by atoms with Crippen molar-refractivity contribution < 1.29 is 9.53 Å². The average Bonchev–Trinajstić information content (AvgIpc) is 2.50. The van der Waals surface area contributed by atoms with Gasteiger partial charge in [-0.1, -0.05) is 18.2 Å². The molecule has 0 unspecified atom stereocenters. The number of carbonyl (C=O) groups excluding carboxylic acids is 1. The lowest BCUT2D eigenvalue weighted by atomic mass is 10.3. The number of nitrogens with zero attached hydrogens (tertiary/aromatic N) is 2. The molecular formula is C16H27N3O2. The van der Waals surface area contributed by atoms with Crippen molar-refractivity contribution in [3.8, 4) is 0 Å². The molecule has 1 amide bonds. The van der Waals surface area contributed by atoms with Gasteiger partial charge in [0, 0.05) is 46.1 Å². The fourth-order valence-corrected chi connectivity index (χ4v) is 1.96. The van der Waals surface area contributed by atoms with Gasteiger partial charge < -0.3 is 15.0 Å². The van der Waals surface area contributed by atoms with Gasteiger partial charge in [0.05, 0.1) is 6.54 Å². The van der Waals surface area contributed by atoms with Gasteiger partial charge in [0.15, 0.2) is 0 Å². The largest absolute Gasteiger partial charge is 0.385 e. The first kappa shape index (κ1) is 17.5. The summed E-state index contributed by atoms with van der Waals surface area (Å²) in [6.07, 6.45) is 0.850. The first-order valence-electron chi connectivity index (χ1n) is 7.34. The Bertz CT molecular complexity index is 398. The summed E-state index contributed by atoms with van der Waals surface area (Å²) in [5, 5.41) is 2.89. The summed E-state index contributed by atoms with van der Waals surface area (Å²) in [6, 6.07) is 10.2. The molecule has 0 fully saturated rings. The first-order valence-corrected chi connectivity index (χ1v) is 7.34. The van der Waals surface area contributed by atoms with E-state index in [-0.39, 0.29) is 5.91 Å².